The van der Waals surface area contributed by atoms with Crippen LogP contribution in [0.1, 0.15) is 40.9 Å². The van der Waals surface area contributed by atoms with E-state index in [1.165, 1.54) is 5.69 Å². The molecule has 1 aromatic carbocycles. The van der Waals surface area contributed by atoms with Gasteiger partial charge in [-0.05, 0) is 37.0 Å². The Labute approximate surface area is 184 Å². The fourth-order valence-corrected chi connectivity index (χ4v) is 5.14. The van der Waals surface area contributed by atoms with Gasteiger partial charge in [0.1, 0.15) is 6.04 Å². The van der Waals surface area contributed by atoms with Crippen molar-refractivity contribution >= 4 is 17.7 Å². The summed E-state index contributed by atoms with van der Waals surface area (Å²) in [5.41, 5.74) is 6.59. The van der Waals surface area contributed by atoms with Gasteiger partial charge in [0, 0.05) is 48.9 Å². The number of rotatable bonds is 3. The maximum atomic E-state index is 13.0. The van der Waals surface area contributed by atoms with Crippen molar-refractivity contribution in [1.82, 2.24) is 29.5 Å². The van der Waals surface area contributed by atoms with Gasteiger partial charge in [0.25, 0.3) is 5.91 Å². The van der Waals surface area contributed by atoms with Gasteiger partial charge in [-0.3, -0.25) is 24.4 Å². The molecule has 2 aromatic heterocycles. The number of nitrogens with zero attached hydrogens (tertiary/aromatic N) is 5. The molecular weight excluding hydrogens is 408 g/mol. The fourth-order valence-electron chi connectivity index (χ4n) is 5.14. The molecule has 0 bridgehead atoms. The van der Waals surface area contributed by atoms with E-state index in [2.05, 4.69) is 20.1 Å². The number of fused-ring (bicyclic) bond motifs is 2. The summed E-state index contributed by atoms with van der Waals surface area (Å²) in [4.78, 5) is 43.0. The minimum absolute atomic E-state index is 0.170. The van der Waals surface area contributed by atoms with E-state index < -0.39 is 11.9 Å². The third-order valence-corrected chi connectivity index (χ3v) is 6.72. The molecule has 0 unspecified atom stereocenters. The Morgan fingerprint density at radius 2 is 2.00 bits per heavy atom. The number of piperidine rings is 1. The van der Waals surface area contributed by atoms with Crippen molar-refractivity contribution in [2.45, 2.75) is 44.8 Å². The molecule has 3 amide bonds. The van der Waals surface area contributed by atoms with Gasteiger partial charge in [-0.15, -0.1) is 0 Å². The Bertz CT molecular complexity index is 1300. The van der Waals surface area contributed by atoms with Crippen LogP contribution in [0.3, 0.4) is 0 Å². The highest BCUT2D eigenvalue weighted by molar-refractivity contribution is 6.05. The number of imide groups is 1. The number of carbonyl (C=O) groups excluding carboxylic acids is 3. The second kappa shape index (κ2) is 6.88. The standard InChI is InChI=1S/C23H22N6O3/c1-27-12-24-20(21(27)16-10-25-29-8-2-3-17(16)29)13-4-5-15-14(9-13)11-28(23(15)32)18-6-7-19(30)26-22(18)31/h4-5,9-10,12,18H,2-3,6-8,11H2,1H3,(H,26,30,31)/t18-/m0/s1. The largest absolute Gasteiger partial charge is 0.333 e. The highest BCUT2D eigenvalue weighted by Crippen LogP contribution is 2.37. The summed E-state index contributed by atoms with van der Waals surface area (Å²) in [5.74, 6) is -0.853. The topological polar surface area (TPSA) is 102 Å². The van der Waals surface area contributed by atoms with Crippen LogP contribution in [0.15, 0.2) is 30.7 Å². The molecule has 9 nitrogen and oxygen atoms in total. The van der Waals surface area contributed by atoms with E-state index in [9.17, 15) is 14.4 Å². The number of hydrogen-bond acceptors (Lipinski definition) is 5. The zero-order valence-corrected chi connectivity index (χ0v) is 17.7. The molecule has 9 heteroatoms. The molecule has 162 valence electrons. The predicted octanol–water partition coefficient (Wildman–Crippen LogP) is 1.66. The van der Waals surface area contributed by atoms with Crippen molar-refractivity contribution in [2.75, 3.05) is 0 Å². The lowest BCUT2D eigenvalue weighted by atomic mass is 10.0. The Hall–Kier alpha value is -3.75. The number of aryl methyl sites for hydroxylation is 2. The molecule has 1 atom stereocenters. The van der Waals surface area contributed by atoms with E-state index in [1.54, 1.807) is 11.2 Å². The third kappa shape index (κ3) is 2.73. The lowest BCUT2D eigenvalue weighted by molar-refractivity contribution is -0.136. The normalized spacial score (nSPS) is 20.0. The molecule has 3 aromatic rings. The molecule has 0 spiro atoms. The smallest absolute Gasteiger partial charge is 0.255 e. The minimum Gasteiger partial charge on any atom is -0.333 e. The van der Waals surface area contributed by atoms with Crippen LogP contribution in [0, 0.1) is 0 Å². The first kappa shape index (κ1) is 19.0. The van der Waals surface area contributed by atoms with Crippen molar-refractivity contribution in [1.29, 1.82) is 0 Å². The molecule has 0 aliphatic carbocycles. The van der Waals surface area contributed by atoms with Gasteiger partial charge >= 0.3 is 0 Å². The average molecular weight is 430 g/mol. The maximum Gasteiger partial charge on any atom is 0.255 e. The molecule has 5 heterocycles. The summed E-state index contributed by atoms with van der Waals surface area (Å²) in [5, 5.41) is 6.88. The number of hydrogen-bond donors (Lipinski definition) is 1. The molecule has 0 radical (unpaired) electrons. The Balaban J connectivity index is 1.36. The highest BCUT2D eigenvalue weighted by atomic mass is 16.2. The summed E-state index contributed by atoms with van der Waals surface area (Å²) in [6, 6.07) is 5.12. The monoisotopic (exact) mass is 430 g/mol. The third-order valence-electron chi connectivity index (χ3n) is 6.72. The predicted molar refractivity (Wildman–Crippen MR) is 114 cm³/mol. The maximum absolute atomic E-state index is 13.0. The zero-order valence-electron chi connectivity index (χ0n) is 17.7. The van der Waals surface area contributed by atoms with Crippen LogP contribution < -0.4 is 5.32 Å². The number of benzene rings is 1. The van der Waals surface area contributed by atoms with Crippen LogP contribution in [0.4, 0.5) is 0 Å². The van der Waals surface area contributed by atoms with E-state index in [0.29, 0.717) is 18.5 Å². The van der Waals surface area contributed by atoms with Gasteiger partial charge in [0.05, 0.1) is 23.9 Å². The molecule has 1 saturated heterocycles. The molecule has 3 aliphatic heterocycles. The molecule has 6 rings (SSSR count). The molecule has 1 fully saturated rings. The summed E-state index contributed by atoms with van der Waals surface area (Å²) in [6.07, 6.45) is 6.41. The van der Waals surface area contributed by atoms with E-state index >= 15 is 0 Å². The first-order valence-electron chi connectivity index (χ1n) is 10.9. The van der Waals surface area contributed by atoms with Gasteiger partial charge in [0.2, 0.25) is 11.8 Å². The van der Waals surface area contributed by atoms with Gasteiger partial charge < -0.3 is 9.47 Å². The van der Waals surface area contributed by atoms with Gasteiger partial charge in [-0.2, -0.15) is 5.10 Å². The molecule has 0 saturated carbocycles. The lowest BCUT2D eigenvalue weighted by Crippen LogP contribution is -2.52. The summed E-state index contributed by atoms with van der Waals surface area (Å²) >= 11 is 0. The van der Waals surface area contributed by atoms with Crippen molar-refractivity contribution < 1.29 is 14.4 Å². The molecule has 32 heavy (non-hydrogen) atoms. The van der Waals surface area contributed by atoms with Crippen molar-refractivity contribution in [3.05, 3.63) is 47.5 Å². The number of amides is 3. The molecule has 1 N–H and O–H groups in total. The second-order valence-corrected chi connectivity index (χ2v) is 8.66. The summed E-state index contributed by atoms with van der Waals surface area (Å²) in [7, 11) is 1.98. The van der Waals surface area contributed by atoms with Crippen LogP contribution in [-0.4, -0.2) is 48.0 Å². The SMILES string of the molecule is Cn1cnc(-c2ccc3c(c2)CN([C@H]2CCC(=O)NC2=O)C3=O)c1-c1cnn2c1CCC2. The van der Waals surface area contributed by atoms with Crippen molar-refractivity contribution in [3.63, 3.8) is 0 Å². The van der Waals surface area contributed by atoms with E-state index in [1.807, 2.05) is 36.0 Å². The Kier molecular flexibility index (Phi) is 4.08. The van der Waals surface area contributed by atoms with E-state index in [-0.39, 0.29) is 18.2 Å². The average Bonchev–Trinajstić information content (AvgIpc) is 3.52. The number of aromatic nitrogens is 4. The van der Waals surface area contributed by atoms with E-state index in [0.717, 1.165) is 47.5 Å². The Morgan fingerprint density at radius 1 is 1.12 bits per heavy atom. The van der Waals surface area contributed by atoms with E-state index in [4.69, 9.17) is 0 Å². The van der Waals surface area contributed by atoms with Crippen LogP contribution >= 0.6 is 0 Å². The summed E-state index contributed by atoms with van der Waals surface area (Å²) < 4.78 is 4.07. The molecular formula is C23H22N6O3. The fraction of sp³-hybridized carbons (Fsp3) is 0.348. The van der Waals surface area contributed by atoms with Crippen LogP contribution in [-0.2, 0) is 36.1 Å². The Morgan fingerprint density at radius 3 is 2.84 bits per heavy atom. The quantitative estimate of drug-likeness (QED) is 0.637. The van der Waals surface area contributed by atoms with Crippen LogP contribution in [0.5, 0.6) is 0 Å². The number of nitrogens with one attached hydrogen (secondary N) is 1. The van der Waals surface area contributed by atoms with Gasteiger partial charge in [-0.25, -0.2) is 4.98 Å². The summed E-state index contributed by atoms with van der Waals surface area (Å²) in [6.45, 7) is 1.29. The zero-order chi connectivity index (χ0) is 22.0. The highest BCUT2D eigenvalue weighted by Gasteiger charge is 2.39. The minimum atomic E-state index is -0.614. The van der Waals surface area contributed by atoms with Crippen LogP contribution in [0.2, 0.25) is 0 Å². The first-order valence-corrected chi connectivity index (χ1v) is 10.9. The molecule has 3 aliphatic rings. The number of imidazole rings is 1. The van der Waals surface area contributed by atoms with Gasteiger partial charge in [-0.1, -0.05) is 6.07 Å². The number of carbonyl (C=O) groups is 3. The first-order chi connectivity index (χ1) is 15.5. The van der Waals surface area contributed by atoms with Crippen molar-refractivity contribution in [2.24, 2.45) is 7.05 Å². The van der Waals surface area contributed by atoms with Gasteiger partial charge in [0.15, 0.2) is 0 Å². The lowest BCUT2D eigenvalue weighted by Gasteiger charge is -2.29. The second-order valence-electron chi connectivity index (χ2n) is 8.66. The van der Waals surface area contributed by atoms with Crippen LogP contribution in [0.25, 0.3) is 22.5 Å². The van der Waals surface area contributed by atoms with Crippen molar-refractivity contribution in [3.8, 4) is 22.5 Å².